The summed E-state index contributed by atoms with van der Waals surface area (Å²) in [4.78, 5) is 43.1. The van der Waals surface area contributed by atoms with Crippen LogP contribution in [0.1, 0.15) is 18.1 Å². The molecular formula is C23H18BrClN4O4. The lowest BCUT2D eigenvalue weighted by Crippen LogP contribution is -2.65. The topological polar surface area (TPSA) is 112 Å². The van der Waals surface area contributed by atoms with Crippen LogP contribution in [0.15, 0.2) is 40.9 Å². The molecule has 8 nitrogen and oxygen atoms in total. The van der Waals surface area contributed by atoms with Crippen LogP contribution in [-0.4, -0.2) is 42.9 Å². The monoisotopic (exact) mass is 528 g/mol. The molecule has 10 heteroatoms. The average Bonchev–Trinajstić information content (AvgIpc) is 3.32. The van der Waals surface area contributed by atoms with Gasteiger partial charge in [0.2, 0.25) is 5.91 Å². The standard InChI is InChI=1S/C23H18BrClN4O4/c1-3-33-20(32)21(10-26)11-29(2)23(15-8-12(24)4-6-17(15)28-19(23)31)22(21)14-9-13(25)5-7-16(14)27-18(22)30/h4-9H,3,11H2,1-2H3,(H,27,30)(H,28,31)/t21-,22-,23-/m1/s1. The number of amides is 2. The highest BCUT2D eigenvalue weighted by atomic mass is 79.9. The number of nitriles is 1. The van der Waals surface area contributed by atoms with Crippen molar-refractivity contribution in [2.45, 2.75) is 17.9 Å². The zero-order chi connectivity index (χ0) is 23.8. The molecule has 3 heterocycles. The second-order valence-corrected chi connectivity index (χ2v) is 9.69. The van der Waals surface area contributed by atoms with E-state index in [1.807, 2.05) is 0 Å². The number of esters is 1. The van der Waals surface area contributed by atoms with Gasteiger partial charge in [-0.05, 0) is 55.9 Å². The molecular weight excluding hydrogens is 512 g/mol. The van der Waals surface area contributed by atoms with Gasteiger partial charge >= 0.3 is 5.97 Å². The number of halogens is 2. The first-order valence-electron chi connectivity index (χ1n) is 10.2. The Bertz CT molecular complexity index is 1310. The zero-order valence-corrected chi connectivity index (χ0v) is 20.0. The van der Waals surface area contributed by atoms with E-state index in [0.717, 1.165) is 0 Å². The molecule has 2 spiro atoms. The molecule has 0 saturated carbocycles. The fourth-order valence-corrected chi connectivity index (χ4v) is 6.43. The van der Waals surface area contributed by atoms with Crippen molar-refractivity contribution in [2.75, 3.05) is 30.8 Å². The Balaban J connectivity index is 1.99. The summed E-state index contributed by atoms with van der Waals surface area (Å²) >= 11 is 9.80. The largest absolute Gasteiger partial charge is 0.465 e. The number of nitrogens with zero attached hydrogens (tertiary/aromatic N) is 2. The van der Waals surface area contributed by atoms with Crippen LogP contribution < -0.4 is 10.6 Å². The molecule has 1 saturated heterocycles. The van der Waals surface area contributed by atoms with Crippen molar-refractivity contribution in [3.63, 3.8) is 0 Å². The molecule has 5 rings (SSSR count). The molecule has 33 heavy (non-hydrogen) atoms. The summed E-state index contributed by atoms with van der Waals surface area (Å²) < 4.78 is 6.03. The van der Waals surface area contributed by atoms with E-state index in [2.05, 4.69) is 32.6 Å². The average molecular weight is 530 g/mol. The third-order valence-electron chi connectivity index (χ3n) is 6.97. The van der Waals surface area contributed by atoms with E-state index in [0.29, 0.717) is 32.0 Å². The number of rotatable bonds is 2. The summed E-state index contributed by atoms with van der Waals surface area (Å²) in [5.41, 5.74) is -4.04. The predicted molar refractivity (Wildman–Crippen MR) is 124 cm³/mol. The molecule has 2 aromatic rings. The predicted octanol–water partition coefficient (Wildman–Crippen LogP) is 3.16. The second-order valence-electron chi connectivity index (χ2n) is 8.34. The van der Waals surface area contributed by atoms with Gasteiger partial charge in [-0.25, -0.2) is 0 Å². The van der Waals surface area contributed by atoms with Crippen LogP contribution in [0, 0.1) is 16.7 Å². The summed E-state index contributed by atoms with van der Waals surface area (Å²) in [6.07, 6.45) is 0. The number of benzene rings is 2. The molecule has 0 aromatic heterocycles. The van der Waals surface area contributed by atoms with E-state index in [9.17, 15) is 19.6 Å². The lowest BCUT2D eigenvalue weighted by Gasteiger charge is -2.44. The van der Waals surface area contributed by atoms with Gasteiger partial charge in [0.05, 0.1) is 12.7 Å². The Morgan fingerprint density at radius 2 is 1.85 bits per heavy atom. The van der Waals surface area contributed by atoms with Crippen LogP contribution in [0.4, 0.5) is 11.4 Å². The SMILES string of the molecule is CCOC(=O)[C@@]1(C#N)CN(C)[C@]2(C(=O)Nc3ccc(Br)cc32)[C@]12C(=O)Nc1ccc(Cl)cc12. The first-order chi connectivity index (χ1) is 15.7. The Morgan fingerprint density at radius 1 is 1.18 bits per heavy atom. The van der Waals surface area contributed by atoms with Gasteiger partial charge in [-0.15, -0.1) is 0 Å². The van der Waals surface area contributed by atoms with Crippen LogP contribution in [0.25, 0.3) is 0 Å². The maximum Gasteiger partial charge on any atom is 0.329 e. The number of hydrogen-bond donors (Lipinski definition) is 2. The minimum absolute atomic E-state index is 0.00735. The van der Waals surface area contributed by atoms with Crippen molar-refractivity contribution in [2.24, 2.45) is 5.41 Å². The fourth-order valence-electron chi connectivity index (χ4n) is 5.89. The van der Waals surface area contributed by atoms with Crippen molar-refractivity contribution in [3.8, 4) is 6.07 Å². The Morgan fingerprint density at radius 3 is 2.55 bits per heavy atom. The van der Waals surface area contributed by atoms with Gasteiger partial charge in [-0.1, -0.05) is 27.5 Å². The lowest BCUT2D eigenvalue weighted by atomic mass is 9.53. The Kier molecular flexibility index (Phi) is 4.67. The van der Waals surface area contributed by atoms with Gasteiger partial charge in [-0.2, -0.15) is 5.26 Å². The van der Waals surface area contributed by atoms with E-state index >= 15 is 0 Å². The normalized spacial score (nSPS) is 29.5. The summed E-state index contributed by atoms with van der Waals surface area (Å²) in [5.74, 6) is -2.01. The van der Waals surface area contributed by atoms with Gasteiger partial charge < -0.3 is 15.4 Å². The molecule has 2 amide bonds. The van der Waals surface area contributed by atoms with Crippen LogP contribution in [0.2, 0.25) is 5.02 Å². The number of likely N-dealkylation sites (N-methyl/N-ethyl adjacent to an activating group) is 1. The Labute approximate surface area is 203 Å². The highest BCUT2D eigenvalue weighted by molar-refractivity contribution is 9.10. The van der Waals surface area contributed by atoms with Crippen molar-refractivity contribution in [3.05, 3.63) is 57.0 Å². The van der Waals surface area contributed by atoms with Gasteiger partial charge in [0.25, 0.3) is 5.91 Å². The number of anilines is 2. The highest BCUT2D eigenvalue weighted by Gasteiger charge is 2.84. The van der Waals surface area contributed by atoms with E-state index in [1.54, 1.807) is 55.3 Å². The summed E-state index contributed by atoms with van der Waals surface area (Å²) in [7, 11) is 1.63. The minimum Gasteiger partial charge on any atom is -0.465 e. The second kappa shape index (κ2) is 7.03. The number of ether oxygens (including phenoxy) is 1. The smallest absolute Gasteiger partial charge is 0.329 e. The van der Waals surface area contributed by atoms with Gasteiger partial charge in [-0.3, -0.25) is 19.3 Å². The van der Waals surface area contributed by atoms with Gasteiger partial charge in [0.1, 0.15) is 11.0 Å². The van der Waals surface area contributed by atoms with Gasteiger partial charge in [0, 0.05) is 33.0 Å². The van der Waals surface area contributed by atoms with E-state index in [4.69, 9.17) is 16.3 Å². The molecule has 2 N–H and O–H groups in total. The number of fused-ring (bicyclic) bond motifs is 5. The van der Waals surface area contributed by atoms with Crippen molar-refractivity contribution < 1.29 is 19.1 Å². The number of hydrogen-bond acceptors (Lipinski definition) is 6. The van der Waals surface area contributed by atoms with Crippen molar-refractivity contribution >= 4 is 56.7 Å². The lowest BCUT2D eigenvalue weighted by molar-refractivity contribution is -0.158. The number of nitrogens with one attached hydrogen (secondary N) is 2. The molecule has 2 aromatic carbocycles. The third kappa shape index (κ3) is 2.31. The molecule has 0 radical (unpaired) electrons. The van der Waals surface area contributed by atoms with Crippen LogP contribution in [-0.2, 0) is 30.1 Å². The van der Waals surface area contributed by atoms with Crippen LogP contribution in [0.3, 0.4) is 0 Å². The van der Waals surface area contributed by atoms with E-state index < -0.39 is 34.2 Å². The molecule has 0 aliphatic carbocycles. The summed E-state index contributed by atoms with van der Waals surface area (Å²) in [6, 6.07) is 12.1. The molecule has 0 bridgehead atoms. The molecule has 168 valence electrons. The van der Waals surface area contributed by atoms with Crippen LogP contribution in [0.5, 0.6) is 0 Å². The number of likely N-dealkylation sites (tertiary alicyclic amines) is 1. The molecule has 1 fully saturated rings. The summed E-state index contributed by atoms with van der Waals surface area (Å²) in [5, 5.41) is 16.5. The van der Waals surface area contributed by atoms with Crippen molar-refractivity contribution in [1.82, 2.24) is 4.90 Å². The molecule has 0 unspecified atom stereocenters. The molecule has 3 aliphatic rings. The maximum absolute atomic E-state index is 14.1. The number of carbonyl (C=O) groups excluding carboxylic acids is 3. The van der Waals surface area contributed by atoms with E-state index in [-0.39, 0.29) is 13.2 Å². The first kappa shape index (κ1) is 21.9. The van der Waals surface area contributed by atoms with Crippen molar-refractivity contribution in [1.29, 1.82) is 5.26 Å². The quantitative estimate of drug-likeness (QED) is 0.578. The van der Waals surface area contributed by atoms with Gasteiger partial charge in [0.15, 0.2) is 5.41 Å². The third-order valence-corrected chi connectivity index (χ3v) is 7.70. The summed E-state index contributed by atoms with van der Waals surface area (Å²) in [6.45, 7) is 1.42. The Hall–Kier alpha value is -2.93. The van der Waals surface area contributed by atoms with E-state index in [1.165, 1.54) is 0 Å². The molecule has 3 aliphatic heterocycles. The highest BCUT2D eigenvalue weighted by Crippen LogP contribution is 2.68. The fraction of sp³-hybridized carbons (Fsp3) is 0.304. The number of carbonyl (C=O) groups is 3. The minimum atomic E-state index is -2.03. The van der Waals surface area contributed by atoms with Crippen LogP contribution >= 0.6 is 27.5 Å². The molecule has 3 atom stereocenters. The maximum atomic E-state index is 14.1. The zero-order valence-electron chi connectivity index (χ0n) is 17.7. The first-order valence-corrected chi connectivity index (χ1v) is 11.4.